The number of nitrogens with two attached hydrogens (primary N) is 1. The van der Waals surface area contributed by atoms with Crippen LogP contribution in [0.1, 0.15) is 11.3 Å². The van der Waals surface area contributed by atoms with Gasteiger partial charge in [-0.1, -0.05) is 0 Å². The Hall–Kier alpha value is -1.13. The molecule has 2 rings (SSSR count). The first-order valence-electron chi connectivity index (χ1n) is 4.86. The molecule has 0 spiro atoms. The molecule has 0 aliphatic rings. The van der Waals surface area contributed by atoms with E-state index in [1.54, 1.807) is 18.2 Å². The van der Waals surface area contributed by atoms with Gasteiger partial charge in [-0.25, -0.2) is 4.39 Å². The van der Waals surface area contributed by atoms with E-state index in [0.29, 0.717) is 22.5 Å². The van der Waals surface area contributed by atoms with Gasteiger partial charge in [0.15, 0.2) is 0 Å². The van der Waals surface area contributed by atoms with E-state index in [1.165, 1.54) is 6.07 Å². The van der Waals surface area contributed by atoms with E-state index < -0.39 is 0 Å². The highest BCUT2D eigenvalue weighted by molar-refractivity contribution is 9.10. The zero-order valence-electron chi connectivity index (χ0n) is 8.76. The molecule has 1 heterocycles. The minimum Gasteiger partial charge on any atom is -0.460 e. The average molecular weight is 284 g/mol. The van der Waals surface area contributed by atoms with Gasteiger partial charge in [0.1, 0.15) is 17.3 Å². The van der Waals surface area contributed by atoms with Crippen molar-refractivity contribution in [1.29, 1.82) is 0 Å². The first-order chi connectivity index (χ1) is 7.61. The largest absolute Gasteiger partial charge is 0.460 e. The lowest BCUT2D eigenvalue weighted by Crippen LogP contribution is -1.92. The van der Waals surface area contributed by atoms with Gasteiger partial charge in [-0.15, -0.1) is 0 Å². The van der Waals surface area contributed by atoms with Crippen molar-refractivity contribution in [3.05, 3.63) is 45.9 Å². The smallest absolute Gasteiger partial charge is 0.138 e. The molecule has 84 valence electrons. The Labute approximate surface area is 101 Å². The fourth-order valence-corrected chi connectivity index (χ4v) is 2.00. The minimum atomic E-state index is -0.300. The average Bonchev–Trinajstić information content (AvgIpc) is 2.71. The molecule has 0 atom stereocenters. The molecule has 2 N–H and O–H groups in total. The van der Waals surface area contributed by atoms with Crippen molar-refractivity contribution in [2.45, 2.75) is 13.5 Å². The van der Waals surface area contributed by atoms with Gasteiger partial charge < -0.3 is 10.2 Å². The third kappa shape index (κ3) is 2.03. The van der Waals surface area contributed by atoms with Crippen molar-refractivity contribution in [2.75, 3.05) is 0 Å². The fraction of sp³-hybridized carbons (Fsp3) is 0.167. The molecule has 1 aromatic carbocycles. The summed E-state index contributed by atoms with van der Waals surface area (Å²) >= 11 is 3.15. The molecule has 1 aromatic heterocycles. The van der Waals surface area contributed by atoms with Crippen LogP contribution in [-0.4, -0.2) is 0 Å². The van der Waals surface area contributed by atoms with Crippen LogP contribution in [0.25, 0.3) is 11.3 Å². The van der Waals surface area contributed by atoms with E-state index in [-0.39, 0.29) is 5.82 Å². The number of rotatable bonds is 2. The normalized spacial score (nSPS) is 10.8. The highest BCUT2D eigenvalue weighted by Gasteiger charge is 2.10. The van der Waals surface area contributed by atoms with E-state index in [1.807, 2.05) is 6.92 Å². The quantitative estimate of drug-likeness (QED) is 0.914. The first kappa shape index (κ1) is 11.4. The SMILES string of the molecule is Cc1cc(Br)c(F)cc1-c1ccc(CN)o1. The van der Waals surface area contributed by atoms with Gasteiger partial charge in [-0.2, -0.15) is 0 Å². The molecule has 0 unspecified atom stereocenters. The molecule has 2 nitrogen and oxygen atoms in total. The second-order valence-electron chi connectivity index (χ2n) is 3.55. The van der Waals surface area contributed by atoms with E-state index in [9.17, 15) is 4.39 Å². The van der Waals surface area contributed by atoms with E-state index in [4.69, 9.17) is 10.2 Å². The summed E-state index contributed by atoms with van der Waals surface area (Å²) in [5, 5.41) is 0. The first-order valence-corrected chi connectivity index (χ1v) is 5.66. The maximum atomic E-state index is 13.4. The van der Waals surface area contributed by atoms with Gasteiger partial charge in [0.25, 0.3) is 0 Å². The Kier molecular flexibility index (Phi) is 3.12. The van der Waals surface area contributed by atoms with Crippen LogP contribution in [0.5, 0.6) is 0 Å². The summed E-state index contributed by atoms with van der Waals surface area (Å²) in [4.78, 5) is 0. The van der Waals surface area contributed by atoms with Crippen LogP contribution in [0.3, 0.4) is 0 Å². The van der Waals surface area contributed by atoms with Crippen molar-refractivity contribution in [3.8, 4) is 11.3 Å². The predicted octanol–water partition coefficient (Wildman–Crippen LogP) is 3.62. The Morgan fingerprint density at radius 2 is 2.12 bits per heavy atom. The van der Waals surface area contributed by atoms with Gasteiger partial charge in [0.05, 0.1) is 11.0 Å². The molecule has 0 radical (unpaired) electrons. The predicted molar refractivity (Wildman–Crippen MR) is 64.4 cm³/mol. The molecule has 0 bridgehead atoms. The van der Waals surface area contributed by atoms with Crippen LogP contribution < -0.4 is 5.73 Å². The van der Waals surface area contributed by atoms with Gasteiger partial charge in [-0.3, -0.25) is 0 Å². The van der Waals surface area contributed by atoms with E-state index in [0.717, 1.165) is 11.1 Å². The molecule has 0 aliphatic heterocycles. The van der Waals surface area contributed by atoms with Crippen LogP contribution >= 0.6 is 15.9 Å². The monoisotopic (exact) mass is 283 g/mol. The van der Waals surface area contributed by atoms with Crippen molar-refractivity contribution in [2.24, 2.45) is 5.73 Å². The second-order valence-corrected chi connectivity index (χ2v) is 4.41. The van der Waals surface area contributed by atoms with Gasteiger partial charge in [0.2, 0.25) is 0 Å². The molecule has 16 heavy (non-hydrogen) atoms. The van der Waals surface area contributed by atoms with Crippen molar-refractivity contribution >= 4 is 15.9 Å². The summed E-state index contributed by atoms with van der Waals surface area (Å²) in [5.41, 5.74) is 7.16. The summed E-state index contributed by atoms with van der Waals surface area (Å²) in [6.07, 6.45) is 0. The van der Waals surface area contributed by atoms with E-state index in [2.05, 4.69) is 15.9 Å². The number of benzene rings is 1. The lowest BCUT2D eigenvalue weighted by Gasteiger charge is -2.04. The third-order valence-corrected chi connectivity index (χ3v) is 3.00. The van der Waals surface area contributed by atoms with Crippen LogP contribution in [0.2, 0.25) is 0 Å². The Bertz CT molecular complexity index is 522. The maximum absolute atomic E-state index is 13.4. The Morgan fingerprint density at radius 1 is 1.38 bits per heavy atom. The summed E-state index contributed by atoms with van der Waals surface area (Å²) in [7, 11) is 0. The molecular weight excluding hydrogens is 273 g/mol. The number of furan rings is 1. The summed E-state index contributed by atoms with van der Waals surface area (Å²) < 4.78 is 19.4. The lowest BCUT2D eigenvalue weighted by atomic mass is 10.1. The molecule has 0 aliphatic carbocycles. The van der Waals surface area contributed by atoms with Crippen LogP contribution in [-0.2, 0) is 6.54 Å². The Balaban J connectivity index is 2.51. The van der Waals surface area contributed by atoms with Crippen LogP contribution in [0, 0.1) is 12.7 Å². The number of aryl methyl sites for hydroxylation is 1. The van der Waals surface area contributed by atoms with Crippen molar-refractivity contribution in [1.82, 2.24) is 0 Å². The number of hydrogen-bond donors (Lipinski definition) is 1. The highest BCUT2D eigenvalue weighted by Crippen LogP contribution is 2.29. The maximum Gasteiger partial charge on any atom is 0.138 e. The standard InChI is InChI=1S/C12H11BrFNO/c1-7-4-10(13)11(14)5-9(7)12-3-2-8(6-15)16-12/h2-5H,6,15H2,1H3. The van der Waals surface area contributed by atoms with Crippen molar-refractivity contribution in [3.63, 3.8) is 0 Å². The second kappa shape index (κ2) is 4.39. The molecular formula is C12H11BrFNO. The number of halogens is 2. The minimum absolute atomic E-state index is 0.300. The molecule has 2 aromatic rings. The lowest BCUT2D eigenvalue weighted by molar-refractivity contribution is 0.524. The molecule has 4 heteroatoms. The van der Waals surface area contributed by atoms with Crippen LogP contribution in [0.15, 0.2) is 33.2 Å². The Morgan fingerprint density at radius 3 is 2.75 bits per heavy atom. The molecule has 0 saturated heterocycles. The van der Waals surface area contributed by atoms with Crippen molar-refractivity contribution < 1.29 is 8.81 Å². The summed E-state index contributed by atoms with van der Waals surface area (Å²) in [6.45, 7) is 2.25. The highest BCUT2D eigenvalue weighted by atomic mass is 79.9. The van der Waals surface area contributed by atoms with Crippen LogP contribution in [0.4, 0.5) is 4.39 Å². The van der Waals surface area contributed by atoms with Gasteiger partial charge >= 0.3 is 0 Å². The van der Waals surface area contributed by atoms with Gasteiger partial charge in [-0.05, 0) is 52.7 Å². The molecule has 0 saturated carbocycles. The summed E-state index contributed by atoms with van der Waals surface area (Å²) in [5.74, 6) is 1.04. The number of hydrogen-bond acceptors (Lipinski definition) is 2. The summed E-state index contributed by atoms with van der Waals surface area (Å²) in [6, 6.07) is 6.79. The fourth-order valence-electron chi connectivity index (χ4n) is 1.54. The molecule has 0 fully saturated rings. The van der Waals surface area contributed by atoms with Gasteiger partial charge in [0, 0.05) is 5.56 Å². The topological polar surface area (TPSA) is 39.2 Å². The zero-order chi connectivity index (χ0) is 11.7. The van der Waals surface area contributed by atoms with E-state index >= 15 is 0 Å². The molecule has 0 amide bonds. The zero-order valence-corrected chi connectivity index (χ0v) is 10.3. The third-order valence-electron chi connectivity index (χ3n) is 2.40.